The van der Waals surface area contributed by atoms with Gasteiger partial charge in [0.25, 0.3) is 0 Å². The summed E-state index contributed by atoms with van der Waals surface area (Å²) in [6.07, 6.45) is 0. The predicted octanol–water partition coefficient (Wildman–Crippen LogP) is 6.44. The van der Waals surface area contributed by atoms with Crippen LogP contribution in [0.15, 0.2) is 78.9 Å². The van der Waals surface area contributed by atoms with Gasteiger partial charge < -0.3 is 4.90 Å². The van der Waals surface area contributed by atoms with Crippen LogP contribution in [0, 0.1) is 0 Å². The maximum atomic E-state index is 6.18. The Bertz CT molecular complexity index is 733. The second kappa shape index (κ2) is 8.36. The molecule has 122 valence electrons. The maximum Gasteiger partial charge on any atom is 0.0433 e. The molecule has 0 bridgehead atoms. The second-order valence-electron chi connectivity index (χ2n) is 5.73. The third-order valence-corrected chi connectivity index (χ3v) is 4.80. The van der Waals surface area contributed by atoms with Crippen molar-refractivity contribution in [2.75, 3.05) is 4.90 Å². The van der Waals surface area contributed by atoms with Crippen molar-refractivity contribution < 1.29 is 0 Å². The lowest BCUT2D eigenvalue weighted by atomic mass is 10.1. The standard InChI is InChI=1S/C21H19BrClN/c22-14-19-13-20(23)11-12-21(19)24(15-17-7-3-1-4-8-17)16-18-9-5-2-6-10-18/h1-13H,14-16H2. The zero-order valence-corrected chi connectivity index (χ0v) is 15.7. The molecule has 0 unspecified atom stereocenters. The molecule has 0 heterocycles. The van der Waals surface area contributed by atoms with Gasteiger partial charge in [0, 0.05) is 29.1 Å². The molecule has 0 saturated heterocycles. The van der Waals surface area contributed by atoms with E-state index < -0.39 is 0 Å². The fourth-order valence-corrected chi connectivity index (χ4v) is 3.45. The number of nitrogens with zero attached hydrogens (tertiary/aromatic N) is 1. The van der Waals surface area contributed by atoms with E-state index >= 15 is 0 Å². The summed E-state index contributed by atoms with van der Waals surface area (Å²) >= 11 is 9.78. The van der Waals surface area contributed by atoms with E-state index in [1.165, 1.54) is 22.4 Å². The molecule has 3 aromatic rings. The molecule has 0 fully saturated rings. The van der Waals surface area contributed by atoms with Gasteiger partial charge in [0.2, 0.25) is 0 Å². The van der Waals surface area contributed by atoms with Gasteiger partial charge in [0.1, 0.15) is 0 Å². The number of halogens is 2. The summed E-state index contributed by atoms with van der Waals surface area (Å²) in [6.45, 7) is 1.72. The summed E-state index contributed by atoms with van der Waals surface area (Å²) < 4.78 is 0. The van der Waals surface area contributed by atoms with Crippen LogP contribution in [-0.2, 0) is 18.4 Å². The van der Waals surface area contributed by atoms with Gasteiger partial charge in [-0.3, -0.25) is 0 Å². The van der Waals surface area contributed by atoms with Crippen molar-refractivity contribution in [1.82, 2.24) is 0 Å². The minimum Gasteiger partial charge on any atom is -0.363 e. The molecule has 0 aromatic heterocycles. The van der Waals surface area contributed by atoms with Crippen molar-refractivity contribution in [2.24, 2.45) is 0 Å². The van der Waals surface area contributed by atoms with Crippen molar-refractivity contribution in [3.05, 3.63) is 101 Å². The lowest BCUT2D eigenvalue weighted by molar-refractivity contribution is 0.796. The normalized spacial score (nSPS) is 10.6. The third-order valence-electron chi connectivity index (χ3n) is 3.96. The SMILES string of the molecule is Clc1ccc(N(Cc2ccccc2)Cc2ccccc2)c(CBr)c1. The smallest absolute Gasteiger partial charge is 0.0433 e. The van der Waals surface area contributed by atoms with Crippen LogP contribution >= 0.6 is 27.5 Å². The Morgan fingerprint density at radius 3 is 1.79 bits per heavy atom. The average molecular weight is 401 g/mol. The Morgan fingerprint density at radius 2 is 1.29 bits per heavy atom. The molecule has 3 heteroatoms. The average Bonchev–Trinajstić information content (AvgIpc) is 2.63. The number of alkyl halides is 1. The summed E-state index contributed by atoms with van der Waals surface area (Å²) in [5.74, 6) is 0. The van der Waals surface area contributed by atoms with Crippen LogP contribution in [0.2, 0.25) is 5.02 Å². The van der Waals surface area contributed by atoms with Crippen molar-refractivity contribution in [1.29, 1.82) is 0 Å². The second-order valence-corrected chi connectivity index (χ2v) is 6.73. The fraction of sp³-hybridized carbons (Fsp3) is 0.143. The molecule has 0 N–H and O–H groups in total. The molecular formula is C21H19BrClN. The third kappa shape index (κ3) is 4.40. The molecular weight excluding hydrogens is 382 g/mol. The summed E-state index contributed by atoms with van der Waals surface area (Å²) in [4.78, 5) is 2.40. The Kier molecular flexibility index (Phi) is 5.95. The molecule has 0 aliphatic heterocycles. The first-order valence-electron chi connectivity index (χ1n) is 7.93. The van der Waals surface area contributed by atoms with Gasteiger partial charge in [0.05, 0.1) is 0 Å². The maximum absolute atomic E-state index is 6.18. The van der Waals surface area contributed by atoms with Gasteiger partial charge in [-0.15, -0.1) is 0 Å². The van der Waals surface area contributed by atoms with Crippen LogP contribution in [0.3, 0.4) is 0 Å². The van der Waals surface area contributed by atoms with Gasteiger partial charge >= 0.3 is 0 Å². The molecule has 1 nitrogen and oxygen atoms in total. The van der Waals surface area contributed by atoms with Crippen LogP contribution < -0.4 is 4.90 Å². The number of hydrogen-bond donors (Lipinski definition) is 0. The monoisotopic (exact) mass is 399 g/mol. The molecule has 0 saturated carbocycles. The lowest BCUT2D eigenvalue weighted by Crippen LogP contribution is -2.23. The van der Waals surface area contributed by atoms with Gasteiger partial charge in [-0.25, -0.2) is 0 Å². The van der Waals surface area contributed by atoms with E-state index in [-0.39, 0.29) is 0 Å². The van der Waals surface area contributed by atoms with E-state index in [2.05, 4.69) is 87.6 Å². The van der Waals surface area contributed by atoms with E-state index in [4.69, 9.17) is 11.6 Å². The minimum atomic E-state index is 0.771. The van der Waals surface area contributed by atoms with E-state index in [0.717, 1.165) is 23.4 Å². The largest absolute Gasteiger partial charge is 0.363 e. The molecule has 0 aliphatic rings. The topological polar surface area (TPSA) is 3.24 Å². The first kappa shape index (κ1) is 17.1. The highest BCUT2D eigenvalue weighted by Gasteiger charge is 2.13. The van der Waals surface area contributed by atoms with Crippen LogP contribution in [-0.4, -0.2) is 0 Å². The Morgan fingerprint density at radius 1 is 0.750 bits per heavy atom. The van der Waals surface area contributed by atoms with Gasteiger partial charge in [-0.05, 0) is 34.9 Å². The van der Waals surface area contributed by atoms with E-state index in [9.17, 15) is 0 Å². The van der Waals surface area contributed by atoms with Crippen molar-refractivity contribution >= 4 is 33.2 Å². The number of hydrogen-bond acceptors (Lipinski definition) is 1. The van der Waals surface area contributed by atoms with Gasteiger partial charge in [-0.1, -0.05) is 88.2 Å². The minimum absolute atomic E-state index is 0.771. The molecule has 0 aliphatic carbocycles. The van der Waals surface area contributed by atoms with Crippen molar-refractivity contribution in [3.8, 4) is 0 Å². The van der Waals surface area contributed by atoms with Crippen LogP contribution in [0.1, 0.15) is 16.7 Å². The fourth-order valence-electron chi connectivity index (χ4n) is 2.80. The van der Waals surface area contributed by atoms with Crippen LogP contribution in [0.5, 0.6) is 0 Å². The molecule has 0 atom stereocenters. The molecule has 3 rings (SSSR count). The highest BCUT2D eigenvalue weighted by Crippen LogP contribution is 2.29. The summed E-state index contributed by atoms with van der Waals surface area (Å²) in [5.41, 5.74) is 5.01. The van der Waals surface area contributed by atoms with E-state index in [1.807, 2.05) is 12.1 Å². The van der Waals surface area contributed by atoms with Crippen LogP contribution in [0.4, 0.5) is 5.69 Å². The van der Waals surface area contributed by atoms with E-state index in [1.54, 1.807) is 0 Å². The van der Waals surface area contributed by atoms with Gasteiger partial charge in [-0.2, -0.15) is 0 Å². The molecule has 24 heavy (non-hydrogen) atoms. The molecule has 0 radical (unpaired) electrons. The van der Waals surface area contributed by atoms with Crippen LogP contribution in [0.25, 0.3) is 0 Å². The van der Waals surface area contributed by atoms with E-state index in [0.29, 0.717) is 0 Å². The predicted molar refractivity (Wildman–Crippen MR) is 107 cm³/mol. The highest BCUT2D eigenvalue weighted by molar-refractivity contribution is 9.08. The molecule has 0 amide bonds. The number of anilines is 1. The van der Waals surface area contributed by atoms with Gasteiger partial charge in [0.15, 0.2) is 0 Å². The lowest BCUT2D eigenvalue weighted by Gasteiger charge is -2.27. The zero-order chi connectivity index (χ0) is 16.8. The summed E-state index contributed by atoms with van der Waals surface area (Å²) in [6, 6.07) is 27.2. The number of benzene rings is 3. The first-order chi connectivity index (χ1) is 11.8. The number of rotatable bonds is 6. The molecule has 0 spiro atoms. The van der Waals surface area contributed by atoms with Crippen molar-refractivity contribution in [3.63, 3.8) is 0 Å². The Hall–Kier alpha value is -1.77. The van der Waals surface area contributed by atoms with Crippen molar-refractivity contribution in [2.45, 2.75) is 18.4 Å². The zero-order valence-electron chi connectivity index (χ0n) is 13.3. The first-order valence-corrected chi connectivity index (χ1v) is 9.43. The highest BCUT2D eigenvalue weighted by atomic mass is 79.9. The summed E-state index contributed by atoms with van der Waals surface area (Å²) in [5, 5.41) is 1.55. The Labute approximate surface area is 157 Å². The summed E-state index contributed by atoms with van der Waals surface area (Å²) in [7, 11) is 0. The quantitative estimate of drug-likeness (QED) is 0.430. The Balaban J connectivity index is 1.95. The molecule has 3 aromatic carbocycles.